The zero-order chi connectivity index (χ0) is 15.2. The standard InChI is InChI=1S/C18H21NO2/c1-4-14-7-5-6-8-15(14)12-19-17-10-9-13(2)11-16(17)18(20)21-3/h5-11,19H,4,12H2,1-3H3. The Balaban J connectivity index is 2.22. The van der Waals surface area contributed by atoms with E-state index in [1.54, 1.807) is 0 Å². The van der Waals surface area contributed by atoms with E-state index in [2.05, 4.69) is 24.4 Å². The van der Waals surface area contributed by atoms with E-state index in [9.17, 15) is 4.79 Å². The van der Waals surface area contributed by atoms with Gasteiger partial charge in [0.2, 0.25) is 0 Å². The number of carbonyl (C=O) groups is 1. The minimum absolute atomic E-state index is 0.315. The highest BCUT2D eigenvalue weighted by Gasteiger charge is 2.12. The molecule has 0 aromatic heterocycles. The predicted octanol–water partition coefficient (Wildman–Crippen LogP) is 3.96. The molecule has 0 amide bonds. The minimum Gasteiger partial charge on any atom is -0.465 e. The third-order valence-electron chi connectivity index (χ3n) is 3.55. The van der Waals surface area contributed by atoms with Crippen LogP contribution in [0.4, 0.5) is 5.69 Å². The lowest BCUT2D eigenvalue weighted by Crippen LogP contribution is -2.09. The SMILES string of the molecule is CCc1ccccc1CNc1ccc(C)cc1C(=O)OC. The lowest BCUT2D eigenvalue weighted by molar-refractivity contribution is 0.0601. The van der Waals surface area contributed by atoms with Crippen molar-refractivity contribution in [3.63, 3.8) is 0 Å². The van der Waals surface area contributed by atoms with E-state index in [1.165, 1.54) is 18.2 Å². The van der Waals surface area contributed by atoms with Gasteiger partial charge in [-0.3, -0.25) is 0 Å². The van der Waals surface area contributed by atoms with Crippen molar-refractivity contribution in [3.05, 3.63) is 64.7 Å². The molecular weight excluding hydrogens is 262 g/mol. The van der Waals surface area contributed by atoms with Gasteiger partial charge in [-0.25, -0.2) is 4.79 Å². The smallest absolute Gasteiger partial charge is 0.339 e. The van der Waals surface area contributed by atoms with Gasteiger partial charge >= 0.3 is 5.97 Å². The molecule has 0 saturated heterocycles. The summed E-state index contributed by atoms with van der Waals surface area (Å²) < 4.78 is 4.85. The molecule has 2 rings (SSSR count). The van der Waals surface area contributed by atoms with E-state index in [0.29, 0.717) is 12.1 Å². The van der Waals surface area contributed by atoms with Gasteiger partial charge in [0.1, 0.15) is 0 Å². The monoisotopic (exact) mass is 283 g/mol. The Morgan fingerprint density at radius 1 is 1.14 bits per heavy atom. The van der Waals surface area contributed by atoms with Crippen LogP contribution in [0.15, 0.2) is 42.5 Å². The number of methoxy groups -OCH3 is 1. The van der Waals surface area contributed by atoms with Crippen LogP contribution >= 0.6 is 0 Å². The predicted molar refractivity (Wildman–Crippen MR) is 85.7 cm³/mol. The Kier molecular flexibility index (Phi) is 4.99. The summed E-state index contributed by atoms with van der Waals surface area (Å²) >= 11 is 0. The largest absolute Gasteiger partial charge is 0.465 e. The molecule has 0 radical (unpaired) electrons. The molecule has 0 spiro atoms. The fourth-order valence-electron chi connectivity index (χ4n) is 2.36. The number of anilines is 1. The Labute approximate surface area is 126 Å². The highest BCUT2D eigenvalue weighted by molar-refractivity contribution is 5.95. The number of benzene rings is 2. The Morgan fingerprint density at radius 2 is 1.86 bits per heavy atom. The molecule has 0 fully saturated rings. The van der Waals surface area contributed by atoms with Crippen LogP contribution in [0.2, 0.25) is 0 Å². The number of hydrogen-bond donors (Lipinski definition) is 1. The molecule has 2 aromatic carbocycles. The first kappa shape index (κ1) is 15.1. The van der Waals surface area contributed by atoms with E-state index in [4.69, 9.17) is 4.74 Å². The summed E-state index contributed by atoms with van der Waals surface area (Å²) in [6.07, 6.45) is 0.996. The van der Waals surface area contributed by atoms with Crippen LogP contribution in [0.1, 0.15) is 34.0 Å². The molecule has 0 aliphatic carbocycles. The summed E-state index contributed by atoms with van der Waals surface area (Å²) in [6.45, 7) is 4.80. The van der Waals surface area contributed by atoms with Crippen LogP contribution < -0.4 is 5.32 Å². The number of rotatable bonds is 5. The van der Waals surface area contributed by atoms with E-state index in [-0.39, 0.29) is 5.97 Å². The van der Waals surface area contributed by atoms with E-state index >= 15 is 0 Å². The molecule has 110 valence electrons. The number of hydrogen-bond acceptors (Lipinski definition) is 3. The van der Waals surface area contributed by atoms with Crippen LogP contribution in [-0.2, 0) is 17.7 Å². The lowest BCUT2D eigenvalue weighted by atomic mass is 10.0. The zero-order valence-corrected chi connectivity index (χ0v) is 12.8. The van der Waals surface area contributed by atoms with Gasteiger partial charge in [0.15, 0.2) is 0 Å². The van der Waals surface area contributed by atoms with Gasteiger partial charge in [-0.05, 0) is 36.6 Å². The van der Waals surface area contributed by atoms with Gasteiger partial charge < -0.3 is 10.1 Å². The third-order valence-corrected chi connectivity index (χ3v) is 3.55. The number of aryl methyl sites for hydroxylation is 2. The fourth-order valence-corrected chi connectivity index (χ4v) is 2.36. The minimum atomic E-state index is -0.315. The Hall–Kier alpha value is -2.29. The maximum absolute atomic E-state index is 11.9. The summed E-state index contributed by atoms with van der Waals surface area (Å²) in [5, 5.41) is 3.35. The molecule has 3 nitrogen and oxygen atoms in total. The molecule has 0 saturated carbocycles. The summed E-state index contributed by atoms with van der Waals surface area (Å²) in [5.74, 6) is -0.315. The van der Waals surface area contributed by atoms with Gasteiger partial charge in [-0.1, -0.05) is 42.8 Å². The average molecular weight is 283 g/mol. The zero-order valence-electron chi connectivity index (χ0n) is 12.8. The maximum Gasteiger partial charge on any atom is 0.339 e. The van der Waals surface area contributed by atoms with E-state index in [0.717, 1.165) is 17.7 Å². The molecule has 3 heteroatoms. The normalized spacial score (nSPS) is 10.2. The highest BCUT2D eigenvalue weighted by atomic mass is 16.5. The molecular formula is C18H21NO2. The first-order chi connectivity index (χ1) is 10.2. The number of esters is 1. The van der Waals surface area contributed by atoms with Crippen molar-refractivity contribution in [1.82, 2.24) is 0 Å². The van der Waals surface area contributed by atoms with Gasteiger partial charge in [-0.15, -0.1) is 0 Å². The second kappa shape index (κ2) is 6.93. The molecule has 21 heavy (non-hydrogen) atoms. The Bertz CT molecular complexity index is 635. The average Bonchev–Trinajstić information content (AvgIpc) is 2.53. The van der Waals surface area contributed by atoms with Crippen LogP contribution in [0, 0.1) is 6.92 Å². The summed E-state index contributed by atoms with van der Waals surface area (Å²) in [5.41, 5.74) is 4.98. The lowest BCUT2D eigenvalue weighted by Gasteiger charge is -2.13. The first-order valence-corrected chi connectivity index (χ1v) is 7.15. The van der Waals surface area contributed by atoms with Crippen LogP contribution in [0.3, 0.4) is 0 Å². The van der Waals surface area contributed by atoms with Crippen molar-refractivity contribution in [1.29, 1.82) is 0 Å². The van der Waals surface area contributed by atoms with E-state index in [1.807, 2.05) is 37.3 Å². The quantitative estimate of drug-likeness (QED) is 0.844. The third kappa shape index (κ3) is 3.63. The van der Waals surface area contributed by atoms with Gasteiger partial charge in [0.05, 0.1) is 12.7 Å². The highest BCUT2D eigenvalue weighted by Crippen LogP contribution is 2.20. The van der Waals surface area contributed by atoms with Gasteiger partial charge in [0, 0.05) is 12.2 Å². The molecule has 0 heterocycles. The van der Waals surface area contributed by atoms with Gasteiger partial charge in [-0.2, -0.15) is 0 Å². The Morgan fingerprint density at radius 3 is 2.52 bits per heavy atom. The van der Waals surface area contributed by atoms with Crippen LogP contribution in [-0.4, -0.2) is 13.1 Å². The molecule has 2 aromatic rings. The van der Waals surface area contributed by atoms with Crippen molar-refractivity contribution in [2.24, 2.45) is 0 Å². The van der Waals surface area contributed by atoms with Crippen molar-refractivity contribution in [3.8, 4) is 0 Å². The van der Waals surface area contributed by atoms with Crippen molar-refractivity contribution >= 4 is 11.7 Å². The van der Waals surface area contributed by atoms with Crippen molar-refractivity contribution in [2.45, 2.75) is 26.8 Å². The molecule has 0 aliphatic rings. The molecule has 0 unspecified atom stereocenters. The topological polar surface area (TPSA) is 38.3 Å². The second-order valence-corrected chi connectivity index (χ2v) is 5.02. The molecule has 0 atom stereocenters. The van der Waals surface area contributed by atoms with Crippen molar-refractivity contribution in [2.75, 3.05) is 12.4 Å². The molecule has 0 bridgehead atoms. The summed E-state index contributed by atoms with van der Waals surface area (Å²) in [6, 6.07) is 14.1. The van der Waals surface area contributed by atoms with Crippen LogP contribution in [0.5, 0.6) is 0 Å². The second-order valence-electron chi connectivity index (χ2n) is 5.02. The fraction of sp³-hybridized carbons (Fsp3) is 0.278. The molecule has 0 aliphatic heterocycles. The summed E-state index contributed by atoms with van der Waals surface area (Å²) in [7, 11) is 1.40. The number of ether oxygens (including phenoxy) is 1. The van der Waals surface area contributed by atoms with Gasteiger partial charge in [0.25, 0.3) is 0 Å². The van der Waals surface area contributed by atoms with Crippen LogP contribution in [0.25, 0.3) is 0 Å². The number of nitrogens with one attached hydrogen (secondary N) is 1. The maximum atomic E-state index is 11.9. The van der Waals surface area contributed by atoms with Crippen molar-refractivity contribution < 1.29 is 9.53 Å². The van der Waals surface area contributed by atoms with E-state index < -0.39 is 0 Å². The summed E-state index contributed by atoms with van der Waals surface area (Å²) in [4.78, 5) is 11.9. The first-order valence-electron chi connectivity index (χ1n) is 7.15. The molecule has 1 N–H and O–H groups in total. The number of carbonyl (C=O) groups excluding carboxylic acids is 1.